The number of carbonyl (C=O) groups excluding carboxylic acids is 1. The molecule has 2 unspecified atom stereocenters. The van der Waals surface area contributed by atoms with E-state index in [0.717, 1.165) is 30.6 Å². The van der Waals surface area contributed by atoms with Gasteiger partial charge in [0.25, 0.3) is 0 Å². The van der Waals surface area contributed by atoms with Crippen LogP contribution >= 0.6 is 0 Å². The highest BCUT2D eigenvalue weighted by Crippen LogP contribution is 2.21. The van der Waals surface area contributed by atoms with Gasteiger partial charge in [-0.1, -0.05) is 5.16 Å². The van der Waals surface area contributed by atoms with Gasteiger partial charge in [0.1, 0.15) is 0 Å². The average molecular weight is 237 g/mol. The Morgan fingerprint density at radius 1 is 1.53 bits per heavy atom. The zero-order valence-electron chi connectivity index (χ0n) is 10.5. The summed E-state index contributed by atoms with van der Waals surface area (Å²) >= 11 is 0. The summed E-state index contributed by atoms with van der Waals surface area (Å²) in [5.74, 6) is 0.590. The van der Waals surface area contributed by atoms with Crippen LogP contribution < -0.4 is 10.6 Å². The largest absolute Gasteiger partial charge is 0.338 e. The first kappa shape index (κ1) is 12.1. The van der Waals surface area contributed by atoms with Crippen LogP contribution in [0.1, 0.15) is 31.0 Å². The third kappa shape index (κ3) is 2.66. The molecule has 5 nitrogen and oxygen atoms in total. The highest BCUT2D eigenvalue weighted by Gasteiger charge is 2.26. The van der Waals surface area contributed by atoms with Gasteiger partial charge in [0.2, 0.25) is 11.8 Å². The molecule has 0 saturated carbocycles. The SMILES string of the molecule is Cc1noc(NC(=O)C2CCNC(C)C2)c1C. The highest BCUT2D eigenvalue weighted by atomic mass is 16.5. The zero-order chi connectivity index (χ0) is 12.4. The van der Waals surface area contributed by atoms with Crippen LogP contribution in [0.4, 0.5) is 5.88 Å². The Bertz CT molecular complexity index is 414. The lowest BCUT2D eigenvalue weighted by Gasteiger charge is -2.26. The number of carbonyl (C=O) groups is 1. The smallest absolute Gasteiger partial charge is 0.234 e. The molecule has 1 aliphatic heterocycles. The summed E-state index contributed by atoms with van der Waals surface area (Å²) in [6.45, 7) is 6.75. The minimum absolute atomic E-state index is 0.0394. The Hall–Kier alpha value is -1.36. The van der Waals surface area contributed by atoms with Gasteiger partial charge in [-0.3, -0.25) is 10.1 Å². The lowest BCUT2D eigenvalue weighted by Crippen LogP contribution is -2.40. The lowest BCUT2D eigenvalue weighted by molar-refractivity contribution is -0.121. The molecule has 1 amide bonds. The van der Waals surface area contributed by atoms with Crippen LogP contribution in [0.3, 0.4) is 0 Å². The first-order valence-electron chi connectivity index (χ1n) is 6.05. The molecule has 0 aliphatic carbocycles. The van der Waals surface area contributed by atoms with Crippen molar-refractivity contribution in [1.29, 1.82) is 0 Å². The second kappa shape index (κ2) is 4.87. The minimum atomic E-state index is 0.0394. The van der Waals surface area contributed by atoms with E-state index in [1.54, 1.807) is 0 Å². The van der Waals surface area contributed by atoms with Crippen LogP contribution in [0.5, 0.6) is 0 Å². The molecule has 17 heavy (non-hydrogen) atoms. The summed E-state index contributed by atoms with van der Waals surface area (Å²) in [7, 11) is 0. The molecule has 2 N–H and O–H groups in total. The summed E-state index contributed by atoms with van der Waals surface area (Å²) < 4.78 is 5.09. The maximum absolute atomic E-state index is 12.0. The molecule has 2 heterocycles. The second-order valence-electron chi connectivity index (χ2n) is 4.79. The fourth-order valence-corrected chi connectivity index (χ4v) is 2.12. The van der Waals surface area contributed by atoms with Crippen molar-refractivity contribution in [2.75, 3.05) is 11.9 Å². The molecule has 1 aromatic rings. The Morgan fingerprint density at radius 3 is 2.88 bits per heavy atom. The fourth-order valence-electron chi connectivity index (χ4n) is 2.12. The molecule has 94 valence electrons. The Kier molecular flexibility index (Phi) is 3.47. The molecule has 5 heteroatoms. The van der Waals surface area contributed by atoms with Gasteiger partial charge in [0.15, 0.2) is 0 Å². The van der Waals surface area contributed by atoms with Crippen LogP contribution in [0, 0.1) is 19.8 Å². The normalized spacial score (nSPS) is 24.6. The fraction of sp³-hybridized carbons (Fsp3) is 0.667. The molecular weight excluding hydrogens is 218 g/mol. The van der Waals surface area contributed by atoms with Crippen molar-refractivity contribution < 1.29 is 9.32 Å². The topological polar surface area (TPSA) is 67.2 Å². The van der Waals surface area contributed by atoms with E-state index in [4.69, 9.17) is 4.52 Å². The molecule has 2 rings (SSSR count). The van der Waals surface area contributed by atoms with Gasteiger partial charge in [-0.2, -0.15) is 0 Å². The summed E-state index contributed by atoms with van der Waals surface area (Å²) in [6, 6.07) is 0.400. The van der Waals surface area contributed by atoms with Crippen LogP contribution in [0.25, 0.3) is 0 Å². The van der Waals surface area contributed by atoms with Crippen molar-refractivity contribution in [3.63, 3.8) is 0 Å². The molecule has 0 radical (unpaired) electrons. The van der Waals surface area contributed by atoms with Crippen molar-refractivity contribution in [3.8, 4) is 0 Å². The van der Waals surface area contributed by atoms with E-state index in [1.165, 1.54) is 0 Å². The van der Waals surface area contributed by atoms with E-state index < -0.39 is 0 Å². The number of hydrogen-bond donors (Lipinski definition) is 2. The van der Waals surface area contributed by atoms with E-state index in [2.05, 4.69) is 22.7 Å². The number of hydrogen-bond acceptors (Lipinski definition) is 4. The maximum Gasteiger partial charge on any atom is 0.234 e. The number of nitrogens with zero attached hydrogens (tertiary/aromatic N) is 1. The van der Waals surface area contributed by atoms with Crippen LogP contribution in [-0.2, 0) is 4.79 Å². The average Bonchev–Trinajstić information content (AvgIpc) is 2.61. The van der Waals surface area contributed by atoms with E-state index >= 15 is 0 Å². The van der Waals surface area contributed by atoms with Gasteiger partial charge in [-0.15, -0.1) is 0 Å². The quantitative estimate of drug-likeness (QED) is 0.820. The van der Waals surface area contributed by atoms with Crippen LogP contribution in [0.2, 0.25) is 0 Å². The van der Waals surface area contributed by atoms with Gasteiger partial charge in [0.05, 0.1) is 5.69 Å². The number of nitrogens with one attached hydrogen (secondary N) is 2. The molecular formula is C12H19N3O2. The summed E-state index contributed by atoms with van der Waals surface area (Å²) in [4.78, 5) is 12.0. The van der Waals surface area contributed by atoms with Gasteiger partial charge >= 0.3 is 0 Å². The molecule has 2 atom stereocenters. The summed E-state index contributed by atoms with van der Waals surface area (Å²) in [5.41, 5.74) is 1.72. The van der Waals surface area contributed by atoms with Crippen molar-refractivity contribution in [3.05, 3.63) is 11.3 Å². The molecule has 0 spiro atoms. The maximum atomic E-state index is 12.0. The predicted molar refractivity (Wildman–Crippen MR) is 64.8 cm³/mol. The van der Waals surface area contributed by atoms with Crippen molar-refractivity contribution in [2.45, 2.75) is 39.7 Å². The summed E-state index contributed by atoms with van der Waals surface area (Å²) in [5, 5.41) is 9.98. The molecule has 1 saturated heterocycles. The Balaban J connectivity index is 1.99. The van der Waals surface area contributed by atoms with Crippen molar-refractivity contribution in [1.82, 2.24) is 10.5 Å². The number of aryl methyl sites for hydroxylation is 1. The minimum Gasteiger partial charge on any atom is -0.338 e. The van der Waals surface area contributed by atoms with Gasteiger partial charge in [-0.25, -0.2) is 0 Å². The van der Waals surface area contributed by atoms with E-state index in [9.17, 15) is 4.79 Å². The van der Waals surface area contributed by atoms with Crippen molar-refractivity contribution in [2.24, 2.45) is 5.92 Å². The Morgan fingerprint density at radius 2 is 2.29 bits per heavy atom. The number of aromatic nitrogens is 1. The van der Waals surface area contributed by atoms with Gasteiger partial charge < -0.3 is 9.84 Å². The van der Waals surface area contributed by atoms with E-state index in [-0.39, 0.29) is 11.8 Å². The molecule has 1 aliphatic rings. The highest BCUT2D eigenvalue weighted by molar-refractivity contribution is 5.92. The third-order valence-electron chi connectivity index (χ3n) is 3.39. The Labute approximate surface area is 101 Å². The second-order valence-corrected chi connectivity index (χ2v) is 4.79. The number of piperidine rings is 1. The molecule has 1 fully saturated rings. The number of anilines is 1. The zero-order valence-corrected chi connectivity index (χ0v) is 10.5. The van der Waals surface area contributed by atoms with Crippen molar-refractivity contribution >= 4 is 11.8 Å². The standard InChI is InChI=1S/C12H19N3O2/c1-7-6-10(4-5-13-7)11(16)14-12-8(2)9(3)15-17-12/h7,10,13H,4-6H2,1-3H3,(H,14,16). The van der Waals surface area contributed by atoms with Gasteiger partial charge in [-0.05, 0) is 40.2 Å². The number of rotatable bonds is 2. The van der Waals surface area contributed by atoms with Crippen LogP contribution in [-0.4, -0.2) is 23.7 Å². The first-order valence-corrected chi connectivity index (χ1v) is 6.05. The van der Waals surface area contributed by atoms with Gasteiger partial charge in [0, 0.05) is 17.5 Å². The third-order valence-corrected chi connectivity index (χ3v) is 3.39. The first-order chi connectivity index (χ1) is 8.08. The van der Waals surface area contributed by atoms with E-state index in [1.807, 2.05) is 13.8 Å². The monoisotopic (exact) mass is 237 g/mol. The number of amides is 1. The molecule has 1 aromatic heterocycles. The summed E-state index contributed by atoms with van der Waals surface area (Å²) in [6.07, 6.45) is 1.75. The van der Waals surface area contributed by atoms with Crippen LogP contribution in [0.15, 0.2) is 4.52 Å². The molecule has 0 bridgehead atoms. The lowest BCUT2D eigenvalue weighted by atomic mass is 9.92. The van der Waals surface area contributed by atoms with E-state index in [0.29, 0.717) is 11.9 Å². The molecule has 0 aromatic carbocycles. The predicted octanol–water partition coefficient (Wildman–Crippen LogP) is 1.62.